The van der Waals surface area contributed by atoms with Crippen molar-refractivity contribution in [1.29, 1.82) is 0 Å². The lowest BCUT2D eigenvalue weighted by Gasteiger charge is -2.26. The highest BCUT2D eigenvalue weighted by atomic mass is 32.2. The van der Waals surface area contributed by atoms with E-state index in [2.05, 4.69) is 5.32 Å². The summed E-state index contributed by atoms with van der Waals surface area (Å²) in [6.45, 7) is 5.63. The summed E-state index contributed by atoms with van der Waals surface area (Å²) in [4.78, 5) is 13.9. The predicted octanol–water partition coefficient (Wildman–Crippen LogP) is -0.460. The zero-order valence-corrected chi connectivity index (χ0v) is 19.3. The Kier molecular flexibility index (Phi) is 8.05. The summed E-state index contributed by atoms with van der Waals surface area (Å²) in [5.41, 5.74) is 0. The fourth-order valence-corrected chi connectivity index (χ4v) is 6.55. The number of rotatable bonds is 7. The molecule has 2 aliphatic heterocycles. The van der Waals surface area contributed by atoms with Gasteiger partial charge < -0.3 is 10.1 Å². The minimum atomic E-state index is -3.76. The summed E-state index contributed by atoms with van der Waals surface area (Å²) in [5, 5.41) is 2.75. The Bertz CT molecular complexity index is 960. The van der Waals surface area contributed by atoms with Crippen LogP contribution in [0.5, 0.6) is 0 Å². The number of nitrogens with one attached hydrogen (secondary N) is 1. The van der Waals surface area contributed by atoms with E-state index < -0.39 is 20.0 Å². The summed E-state index contributed by atoms with van der Waals surface area (Å²) in [7, 11) is -7.44. The van der Waals surface area contributed by atoms with Gasteiger partial charge in [-0.2, -0.15) is 8.61 Å². The van der Waals surface area contributed by atoms with Crippen molar-refractivity contribution >= 4 is 26.0 Å². The molecule has 12 heteroatoms. The van der Waals surface area contributed by atoms with E-state index in [-0.39, 0.29) is 41.9 Å². The largest absolute Gasteiger partial charge is 0.379 e. The Morgan fingerprint density at radius 2 is 1.42 bits per heavy atom. The number of hydrogen-bond acceptors (Lipinski definition) is 7. The Balaban J connectivity index is 1.68. The molecule has 2 heterocycles. The highest BCUT2D eigenvalue weighted by molar-refractivity contribution is 7.89. The van der Waals surface area contributed by atoms with Crippen LogP contribution >= 0.6 is 0 Å². The van der Waals surface area contributed by atoms with Crippen LogP contribution in [-0.2, 0) is 29.6 Å². The maximum absolute atomic E-state index is 13.1. The highest BCUT2D eigenvalue weighted by Crippen LogP contribution is 2.22. The van der Waals surface area contributed by atoms with Crippen LogP contribution in [0.25, 0.3) is 0 Å². The van der Waals surface area contributed by atoms with Crippen LogP contribution in [0, 0.1) is 0 Å². The van der Waals surface area contributed by atoms with Gasteiger partial charge in [0.25, 0.3) is 0 Å². The molecule has 10 nitrogen and oxygen atoms in total. The Morgan fingerprint density at radius 1 is 0.871 bits per heavy atom. The van der Waals surface area contributed by atoms with Crippen molar-refractivity contribution in [3.05, 3.63) is 24.3 Å². The molecule has 1 aromatic rings. The van der Waals surface area contributed by atoms with Crippen molar-refractivity contribution in [3.63, 3.8) is 0 Å². The molecule has 0 atom stereocenters. The van der Waals surface area contributed by atoms with Gasteiger partial charge in [0.15, 0.2) is 0 Å². The van der Waals surface area contributed by atoms with Crippen molar-refractivity contribution in [2.45, 2.75) is 23.1 Å². The molecule has 0 saturated carbocycles. The first-order valence-corrected chi connectivity index (χ1v) is 13.3. The zero-order chi connectivity index (χ0) is 22.5. The molecule has 0 spiro atoms. The smallest absolute Gasteiger partial charge is 0.243 e. The van der Waals surface area contributed by atoms with Crippen LogP contribution < -0.4 is 5.32 Å². The average Bonchev–Trinajstić information content (AvgIpc) is 3.00. The number of likely N-dealkylation sites (N-methyl/N-ethyl adjacent to an activating group) is 1. The van der Waals surface area contributed by atoms with E-state index in [1.165, 1.54) is 32.9 Å². The lowest BCUT2D eigenvalue weighted by molar-refractivity contribution is -0.122. The zero-order valence-electron chi connectivity index (χ0n) is 17.7. The fourth-order valence-electron chi connectivity index (χ4n) is 3.67. The SMILES string of the molecule is CCNC(=O)CN1CCCN(S(=O)(=O)c2ccc(S(=O)(=O)N3CCOCC3)cc2)CC1. The van der Waals surface area contributed by atoms with E-state index in [1.807, 2.05) is 11.8 Å². The van der Waals surface area contributed by atoms with Crippen molar-refractivity contribution < 1.29 is 26.4 Å². The summed E-state index contributed by atoms with van der Waals surface area (Å²) in [6.07, 6.45) is 0.613. The molecule has 2 saturated heterocycles. The molecule has 1 amide bonds. The minimum Gasteiger partial charge on any atom is -0.379 e. The molecular weight excluding hydrogens is 444 g/mol. The van der Waals surface area contributed by atoms with Crippen LogP contribution in [0.2, 0.25) is 0 Å². The van der Waals surface area contributed by atoms with E-state index in [4.69, 9.17) is 4.74 Å². The third-order valence-electron chi connectivity index (χ3n) is 5.36. The van der Waals surface area contributed by atoms with Crippen molar-refractivity contribution in [2.24, 2.45) is 0 Å². The molecule has 31 heavy (non-hydrogen) atoms. The minimum absolute atomic E-state index is 0.0607. The summed E-state index contributed by atoms with van der Waals surface area (Å²) in [5.74, 6) is -0.0733. The number of sulfonamides is 2. The van der Waals surface area contributed by atoms with Gasteiger partial charge in [0.05, 0.1) is 29.5 Å². The molecule has 2 aliphatic rings. The Morgan fingerprint density at radius 3 is 1.97 bits per heavy atom. The van der Waals surface area contributed by atoms with E-state index in [1.54, 1.807) is 0 Å². The van der Waals surface area contributed by atoms with Crippen LogP contribution in [-0.4, -0.2) is 102 Å². The molecule has 1 N–H and O–H groups in total. The molecule has 0 aliphatic carbocycles. The lowest BCUT2D eigenvalue weighted by atomic mass is 10.4. The normalized spacial score (nSPS) is 20.3. The second-order valence-corrected chi connectivity index (χ2v) is 11.4. The lowest BCUT2D eigenvalue weighted by Crippen LogP contribution is -2.40. The molecular formula is C19H30N4O6S2. The quantitative estimate of drug-likeness (QED) is 0.568. The third kappa shape index (κ3) is 5.82. The molecule has 1 aromatic carbocycles. The highest BCUT2D eigenvalue weighted by Gasteiger charge is 2.29. The van der Waals surface area contributed by atoms with Gasteiger partial charge in [-0.25, -0.2) is 16.8 Å². The molecule has 3 rings (SSSR count). The number of hydrogen-bond donors (Lipinski definition) is 1. The molecule has 0 unspecified atom stereocenters. The summed E-state index contributed by atoms with van der Waals surface area (Å²) >= 11 is 0. The molecule has 0 aromatic heterocycles. The van der Waals surface area contributed by atoms with E-state index in [0.717, 1.165) is 0 Å². The van der Waals surface area contributed by atoms with Crippen LogP contribution in [0.15, 0.2) is 34.1 Å². The maximum atomic E-state index is 13.1. The summed E-state index contributed by atoms with van der Waals surface area (Å²) < 4.78 is 59.6. The van der Waals surface area contributed by atoms with Gasteiger partial charge in [-0.3, -0.25) is 9.69 Å². The molecule has 0 radical (unpaired) electrons. The van der Waals surface area contributed by atoms with Gasteiger partial charge in [0, 0.05) is 39.3 Å². The second-order valence-electron chi connectivity index (χ2n) is 7.48. The topological polar surface area (TPSA) is 116 Å². The second kappa shape index (κ2) is 10.4. The van der Waals surface area contributed by atoms with Gasteiger partial charge in [-0.1, -0.05) is 0 Å². The standard InChI is InChI=1S/C19H30N4O6S2/c1-2-20-19(24)16-21-8-3-9-22(11-10-21)30(25,26)17-4-6-18(7-5-17)31(27,28)23-12-14-29-15-13-23/h4-7H,2-3,8-16H2,1H3,(H,20,24). The van der Waals surface area contributed by atoms with Crippen LogP contribution in [0.3, 0.4) is 0 Å². The third-order valence-corrected chi connectivity index (χ3v) is 9.18. The number of carbonyl (C=O) groups excluding carboxylic acids is 1. The number of amides is 1. The monoisotopic (exact) mass is 474 g/mol. The van der Waals surface area contributed by atoms with Gasteiger partial charge in [0.2, 0.25) is 26.0 Å². The number of carbonyl (C=O) groups is 1. The fraction of sp³-hybridized carbons (Fsp3) is 0.632. The number of benzene rings is 1. The number of ether oxygens (including phenoxy) is 1. The van der Waals surface area contributed by atoms with Crippen molar-refractivity contribution in [2.75, 3.05) is 65.6 Å². The van der Waals surface area contributed by atoms with Crippen molar-refractivity contribution in [3.8, 4) is 0 Å². The first-order valence-electron chi connectivity index (χ1n) is 10.4. The molecule has 0 bridgehead atoms. The van der Waals surface area contributed by atoms with Gasteiger partial charge in [-0.05, 0) is 44.2 Å². The van der Waals surface area contributed by atoms with Crippen LogP contribution in [0.4, 0.5) is 0 Å². The average molecular weight is 475 g/mol. The first kappa shape index (κ1) is 24.1. The predicted molar refractivity (Wildman–Crippen MR) is 115 cm³/mol. The van der Waals surface area contributed by atoms with Gasteiger partial charge in [-0.15, -0.1) is 0 Å². The van der Waals surface area contributed by atoms with E-state index in [9.17, 15) is 21.6 Å². The first-order chi connectivity index (χ1) is 14.7. The molecule has 174 valence electrons. The van der Waals surface area contributed by atoms with Crippen LogP contribution in [0.1, 0.15) is 13.3 Å². The number of morpholine rings is 1. The van der Waals surface area contributed by atoms with Gasteiger partial charge in [0.1, 0.15) is 0 Å². The number of nitrogens with zero attached hydrogens (tertiary/aromatic N) is 3. The van der Waals surface area contributed by atoms with Crippen molar-refractivity contribution in [1.82, 2.24) is 18.8 Å². The van der Waals surface area contributed by atoms with Gasteiger partial charge >= 0.3 is 0 Å². The molecule has 2 fully saturated rings. The van der Waals surface area contributed by atoms with E-state index in [0.29, 0.717) is 45.8 Å². The van der Waals surface area contributed by atoms with E-state index >= 15 is 0 Å². The Hall–Kier alpha value is -1.57. The maximum Gasteiger partial charge on any atom is 0.243 e. The Labute approximate surface area is 184 Å². The summed E-state index contributed by atoms with van der Waals surface area (Å²) in [6, 6.07) is 5.38.